The molecule has 0 aliphatic carbocycles. The largest absolute Gasteiger partial charge is 0.478 e. The number of aryl methyl sites for hydroxylation is 1. The van der Waals surface area contributed by atoms with Gasteiger partial charge in [-0.1, -0.05) is 24.3 Å². The van der Waals surface area contributed by atoms with Crippen LogP contribution in [0.4, 0.5) is 8.78 Å². The first-order valence-corrected chi connectivity index (χ1v) is 9.47. The average Bonchev–Trinajstić information content (AvgIpc) is 2.69. The molecule has 0 radical (unpaired) electrons. The lowest BCUT2D eigenvalue weighted by Crippen LogP contribution is -2.39. The SMILES string of the molecule is O=C(O)c1ccccc1CCC(=O)N1CCC(Cc2ccc(F)c(F)c2)CC1. The van der Waals surface area contributed by atoms with E-state index in [1.807, 2.05) is 4.90 Å². The first-order chi connectivity index (χ1) is 13.4. The van der Waals surface area contributed by atoms with E-state index in [4.69, 9.17) is 0 Å². The van der Waals surface area contributed by atoms with E-state index in [0.717, 1.165) is 24.5 Å². The molecule has 0 bridgehead atoms. The maximum Gasteiger partial charge on any atom is 0.335 e. The summed E-state index contributed by atoms with van der Waals surface area (Å²) in [6.45, 7) is 1.27. The molecular formula is C22H23F2NO3. The highest BCUT2D eigenvalue weighted by Gasteiger charge is 2.23. The average molecular weight is 387 g/mol. The normalized spacial score (nSPS) is 14.9. The molecule has 1 fully saturated rings. The fourth-order valence-corrected chi connectivity index (χ4v) is 3.73. The van der Waals surface area contributed by atoms with E-state index in [-0.39, 0.29) is 17.9 Å². The number of rotatable bonds is 6. The molecule has 2 aromatic rings. The van der Waals surface area contributed by atoms with Gasteiger partial charge in [0.05, 0.1) is 5.56 Å². The van der Waals surface area contributed by atoms with E-state index in [1.54, 1.807) is 30.3 Å². The number of carbonyl (C=O) groups is 2. The Morgan fingerprint density at radius 3 is 2.43 bits per heavy atom. The van der Waals surface area contributed by atoms with Crippen LogP contribution in [-0.4, -0.2) is 35.0 Å². The number of carbonyl (C=O) groups excluding carboxylic acids is 1. The summed E-state index contributed by atoms with van der Waals surface area (Å²) in [5.41, 5.74) is 1.67. The van der Waals surface area contributed by atoms with Crippen molar-refractivity contribution in [3.8, 4) is 0 Å². The second kappa shape index (κ2) is 8.95. The smallest absolute Gasteiger partial charge is 0.335 e. The number of halogens is 2. The van der Waals surface area contributed by atoms with Gasteiger partial charge in [-0.15, -0.1) is 0 Å². The molecule has 0 spiro atoms. The molecule has 1 aliphatic heterocycles. The molecule has 1 N–H and O–H groups in total. The number of nitrogens with zero attached hydrogens (tertiary/aromatic N) is 1. The van der Waals surface area contributed by atoms with Crippen LogP contribution in [0.15, 0.2) is 42.5 Å². The van der Waals surface area contributed by atoms with Crippen molar-refractivity contribution in [1.82, 2.24) is 4.90 Å². The first kappa shape index (κ1) is 20.0. The van der Waals surface area contributed by atoms with Gasteiger partial charge in [-0.2, -0.15) is 0 Å². The Morgan fingerprint density at radius 1 is 1.04 bits per heavy atom. The summed E-state index contributed by atoms with van der Waals surface area (Å²) in [7, 11) is 0. The molecule has 3 rings (SSSR count). The fraction of sp³-hybridized carbons (Fsp3) is 0.364. The number of piperidine rings is 1. The predicted molar refractivity (Wildman–Crippen MR) is 101 cm³/mol. The molecule has 148 valence electrons. The lowest BCUT2D eigenvalue weighted by molar-refractivity contribution is -0.132. The van der Waals surface area contributed by atoms with E-state index in [2.05, 4.69) is 0 Å². The topological polar surface area (TPSA) is 57.6 Å². The number of aromatic carboxylic acids is 1. The van der Waals surface area contributed by atoms with Crippen LogP contribution in [-0.2, 0) is 17.6 Å². The molecule has 2 aromatic carbocycles. The molecule has 6 heteroatoms. The molecule has 1 heterocycles. The third-order valence-electron chi connectivity index (χ3n) is 5.33. The van der Waals surface area contributed by atoms with Crippen LogP contribution >= 0.6 is 0 Å². The zero-order chi connectivity index (χ0) is 20.1. The van der Waals surface area contributed by atoms with Gasteiger partial charge in [0.1, 0.15) is 0 Å². The summed E-state index contributed by atoms with van der Waals surface area (Å²) in [4.78, 5) is 25.6. The Labute approximate surface area is 162 Å². The maximum absolute atomic E-state index is 13.3. The van der Waals surface area contributed by atoms with E-state index in [9.17, 15) is 23.5 Å². The Bertz CT molecular complexity index is 861. The highest BCUT2D eigenvalue weighted by molar-refractivity contribution is 5.89. The quantitative estimate of drug-likeness (QED) is 0.813. The maximum atomic E-state index is 13.3. The molecule has 1 saturated heterocycles. The lowest BCUT2D eigenvalue weighted by atomic mass is 9.90. The van der Waals surface area contributed by atoms with Crippen LogP contribution in [0.25, 0.3) is 0 Å². The van der Waals surface area contributed by atoms with Crippen molar-refractivity contribution in [2.24, 2.45) is 5.92 Å². The number of hydrogen-bond donors (Lipinski definition) is 1. The monoisotopic (exact) mass is 387 g/mol. The Kier molecular flexibility index (Phi) is 6.39. The van der Waals surface area contributed by atoms with Crippen LogP contribution in [0.1, 0.15) is 40.7 Å². The zero-order valence-electron chi connectivity index (χ0n) is 15.5. The second-order valence-corrected chi connectivity index (χ2v) is 7.24. The molecule has 0 atom stereocenters. The van der Waals surface area contributed by atoms with E-state index >= 15 is 0 Å². The van der Waals surface area contributed by atoms with Crippen molar-refractivity contribution in [2.45, 2.75) is 32.1 Å². The number of carboxylic acids is 1. The molecule has 1 amide bonds. The van der Waals surface area contributed by atoms with Crippen molar-refractivity contribution in [3.05, 3.63) is 70.8 Å². The summed E-state index contributed by atoms with van der Waals surface area (Å²) >= 11 is 0. The summed E-state index contributed by atoms with van der Waals surface area (Å²) in [5, 5.41) is 9.22. The second-order valence-electron chi connectivity index (χ2n) is 7.24. The van der Waals surface area contributed by atoms with Gasteiger partial charge in [-0.05, 0) is 60.9 Å². The van der Waals surface area contributed by atoms with Gasteiger partial charge in [0, 0.05) is 19.5 Å². The van der Waals surface area contributed by atoms with Crippen LogP contribution in [0.5, 0.6) is 0 Å². The number of carboxylic acid groups (broad SMARTS) is 1. The summed E-state index contributed by atoms with van der Waals surface area (Å²) in [6, 6.07) is 10.7. The van der Waals surface area contributed by atoms with Crippen molar-refractivity contribution in [3.63, 3.8) is 0 Å². The number of hydrogen-bond acceptors (Lipinski definition) is 2. The number of amides is 1. The summed E-state index contributed by atoms with van der Waals surface area (Å²) < 4.78 is 26.4. The van der Waals surface area contributed by atoms with Gasteiger partial charge in [-0.3, -0.25) is 4.79 Å². The number of benzene rings is 2. The zero-order valence-corrected chi connectivity index (χ0v) is 15.5. The van der Waals surface area contributed by atoms with Crippen molar-refractivity contribution in [2.75, 3.05) is 13.1 Å². The minimum atomic E-state index is -0.985. The van der Waals surface area contributed by atoms with Gasteiger partial charge >= 0.3 is 5.97 Å². The Hall–Kier alpha value is -2.76. The highest BCUT2D eigenvalue weighted by Crippen LogP contribution is 2.23. The molecule has 4 nitrogen and oxygen atoms in total. The third kappa shape index (κ3) is 4.94. The van der Waals surface area contributed by atoms with Gasteiger partial charge in [0.2, 0.25) is 5.91 Å². The molecule has 0 aromatic heterocycles. The standard InChI is InChI=1S/C22H23F2NO3/c23-19-7-5-16(14-20(19)24)13-15-9-11-25(12-10-15)21(26)8-6-17-3-1-2-4-18(17)22(27)28/h1-5,7,14-15H,6,8-13H2,(H,27,28). The van der Waals surface area contributed by atoms with Crippen LogP contribution in [0.3, 0.4) is 0 Å². The van der Waals surface area contributed by atoms with Crippen LogP contribution < -0.4 is 0 Å². The first-order valence-electron chi connectivity index (χ1n) is 9.47. The van der Waals surface area contributed by atoms with Crippen LogP contribution in [0, 0.1) is 17.6 Å². The van der Waals surface area contributed by atoms with Crippen LogP contribution in [0.2, 0.25) is 0 Å². The fourth-order valence-electron chi connectivity index (χ4n) is 3.73. The minimum absolute atomic E-state index is 0.0199. The molecule has 28 heavy (non-hydrogen) atoms. The third-order valence-corrected chi connectivity index (χ3v) is 5.33. The molecular weight excluding hydrogens is 364 g/mol. The summed E-state index contributed by atoms with van der Waals surface area (Å²) in [5.74, 6) is -2.30. The van der Waals surface area contributed by atoms with E-state index in [0.29, 0.717) is 37.4 Å². The minimum Gasteiger partial charge on any atom is -0.478 e. The molecule has 1 aliphatic rings. The van der Waals surface area contributed by atoms with E-state index in [1.165, 1.54) is 6.07 Å². The lowest BCUT2D eigenvalue weighted by Gasteiger charge is -2.32. The highest BCUT2D eigenvalue weighted by atomic mass is 19.2. The predicted octanol–water partition coefficient (Wildman–Crippen LogP) is 4.08. The van der Waals surface area contributed by atoms with Gasteiger partial charge < -0.3 is 10.0 Å². The Morgan fingerprint density at radius 2 is 1.75 bits per heavy atom. The van der Waals surface area contributed by atoms with E-state index < -0.39 is 17.6 Å². The van der Waals surface area contributed by atoms with Gasteiger partial charge in [-0.25, -0.2) is 13.6 Å². The van der Waals surface area contributed by atoms with Crippen molar-refractivity contribution >= 4 is 11.9 Å². The van der Waals surface area contributed by atoms with Gasteiger partial charge in [0.25, 0.3) is 0 Å². The Balaban J connectivity index is 1.49. The number of likely N-dealkylation sites (tertiary alicyclic amines) is 1. The van der Waals surface area contributed by atoms with Gasteiger partial charge in [0.15, 0.2) is 11.6 Å². The summed E-state index contributed by atoms with van der Waals surface area (Å²) in [6.07, 6.45) is 2.98. The molecule has 0 unspecified atom stereocenters. The van der Waals surface area contributed by atoms with Crippen molar-refractivity contribution in [1.29, 1.82) is 0 Å². The van der Waals surface area contributed by atoms with Crippen molar-refractivity contribution < 1.29 is 23.5 Å². The molecule has 0 saturated carbocycles.